The van der Waals surface area contributed by atoms with Crippen molar-refractivity contribution in [2.45, 2.75) is 0 Å². The Morgan fingerprint density at radius 2 is 0.778 bits per heavy atom. The van der Waals surface area contributed by atoms with Crippen LogP contribution in [0, 0.1) is 45.3 Å². The van der Waals surface area contributed by atoms with Crippen LogP contribution in [0.15, 0.2) is 59.8 Å². The van der Waals surface area contributed by atoms with Crippen LogP contribution in [0.3, 0.4) is 0 Å². The van der Waals surface area contributed by atoms with Crippen LogP contribution in [0.4, 0.5) is 0 Å². The molecule has 18 heavy (non-hydrogen) atoms. The Morgan fingerprint density at radius 3 is 1.06 bits per heavy atom. The van der Waals surface area contributed by atoms with Crippen LogP contribution >= 0.6 is 0 Å². The molecule has 0 aromatic rings. The van der Waals surface area contributed by atoms with E-state index in [1.165, 1.54) is 12.2 Å². The monoisotopic (exact) mass is 232 g/mol. The Morgan fingerprint density at radius 1 is 0.500 bits per heavy atom. The van der Waals surface area contributed by atoms with Gasteiger partial charge in [0.05, 0.1) is 0 Å². The highest BCUT2D eigenvalue weighted by Gasteiger charge is 1.85. The van der Waals surface area contributed by atoms with Crippen LogP contribution < -0.4 is 0 Å². The Kier molecular flexibility index (Phi) is 8.30. The van der Waals surface area contributed by atoms with Crippen molar-refractivity contribution >= 4 is 0 Å². The van der Waals surface area contributed by atoms with Gasteiger partial charge in [-0.25, -0.2) is 0 Å². The first-order valence-electron chi connectivity index (χ1n) is 4.81. The number of hydrogen-bond acceptors (Lipinski definition) is 4. The molecule has 0 unspecified atom stereocenters. The smallest absolute Gasteiger partial charge is 0.129 e. The van der Waals surface area contributed by atoms with Gasteiger partial charge in [0.15, 0.2) is 0 Å². The van der Waals surface area contributed by atoms with Gasteiger partial charge in [0.25, 0.3) is 0 Å². The number of rotatable bonds is 4. The molecule has 0 aliphatic rings. The molecule has 0 heterocycles. The second-order valence-corrected chi connectivity index (χ2v) is 2.76. The van der Waals surface area contributed by atoms with Crippen LogP contribution in [0.2, 0.25) is 0 Å². The fourth-order valence-corrected chi connectivity index (χ4v) is 0.759. The first-order chi connectivity index (χ1) is 8.78. The molecule has 4 heteroatoms. The fraction of sp³-hybridized carbons (Fsp3) is 0. The Hall–Kier alpha value is -3.34. The van der Waals surface area contributed by atoms with Crippen LogP contribution in [-0.2, 0) is 0 Å². The van der Waals surface area contributed by atoms with E-state index in [1.54, 1.807) is 60.7 Å². The van der Waals surface area contributed by atoms with E-state index in [9.17, 15) is 0 Å². The topological polar surface area (TPSA) is 95.2 Å². The maximum atomic E-state index is 8.43. The third-order valence-electron chi connectivity index (χ3n) is 1.56. The fourth-order valence-electron chi connectivity index (χ4n) is 0.759. The van der Waals surface area contributed by atoms with Gasteiger partial charge in [-0.2, -0.15) is 21.0 Å². The van der Waals surface area contributed by atoms with Crippen molar-refractivity contribution in [3.63, 3.8) is 0 Å². The van der Waals surface area contributed by atoms with E-state index in [0.717, 1.165) is 0 Å². The van der Waals surface area contributed by atoms with Gasteiger partial charge in [0, 0.05) is 0 Å². The van der Waals surface area contributed by atoms with E-state index in [4.69, 9.17) is 21.0 Å². The Balaban J connectivity index is 4.33. The molecule has 0 N–H and O–H groups in total. The number of nitrogens with zero attached hydrogens (tertiary/aromatic N) is 4. The summed E-state index contributed by atoms with van der Waals surface area (Å²) in [5.41, 5.74) is 0.0663. The predicted octanol–water partition coefficient (Wildman–Crippen LogP) is 2.60. The van der Waals surface area contributed by atoms with Crippen LogP contribution in [0.5, 0.6) is 0 Å². The molecule has 0 amide bonds. The summed E-state index contributed by atoms with van der Waals surface area (Å²) in [5, 5.41) is 33.7. The molecule has 0 aliphatic carbocycles. The lowest BCUT2D eigenvalue weighted by Gasteiger charge is -1.76. The maximum Gasteiger partial charge on any atom is 0.129 e. The average molecular weight is 232 g/mol. The van der Waals surface area contributed by atoms with Gasteiger partial charge >= 0.3 is 0 Å². The molecule has 0 radical (unpaired) electrons. The van der Waals surface area contributed by atoms with Gasteiger partial charge in [-0.1, -0.05) is 36.5 Å². The summed E-state index contributed by atoms with van der Waals surface area (Å²) in [4.78, 5) is 0. The van der Waals surface area contributed by atoms with E-state index in [1.807, 2.05) is 0 Å². The van der Waals surface area contributed by atoms with E-state index < -0.39 is 0 Å². The zero-order valence-corrected chi connectivity index (χ0v) is 9.41. The summed E-state index contributed by atoms with van der Waals surface area (Å²) in [7, 11) is 0. The average Bonchev–Trinajstić information content (AvgIpc) is 2.41. The lowest BCUT2D eigenvalue weighted by Crippen LogP contribution is -1.67. The predicted molar refractivity (Wildman–Crippen MR) is 66.0 cm³/mol. The summed E-state index contributed by atoms with van der Waals surface area (Å²) < 4.78 is 0. The number of nitriles is 4. The van der Waals surface area contributed by atoms with E-state index in [2.05, 4.69) is 0 Å². The van der Waals surface area contributed by atoms with Gasteiger partial charge < -0.3 is 0 Å². The molecule has 4 nitrogen and oxygen atoms in total. The highest BCUT2D eigenvalue weighted by molar-refractivity contribution is 5.39. The molecule has 0 fully saturated rings. The van der Waals surface area contributed by atoms with Crippen molar-refractivity contribution in [1.82, 2.24) is 0 Å². The van der Waals surface area contributed by atoms with Crippen molar-refractivity contribution in [2.75, 3.05) is 0 Å². The third-order valence-corrected chi connectivity index (χ3v) is 1.56. The second-order valence-electron chi connectivity index (χ2n) is 2.76. The van der Waals surface area contributed by atoms with Gasteiger partial charge in [-0.05, 0) is 12.2 Å². The van der Waals surface area contributed by atoms with Crippen LogP contribution in [0.1, 0.15) is 0 Å². The van der Waals surface area contributed by atoms with Gasteiger partial charge in [0.1, 0.15) is 35.4 Å². The van der Waals surface area contributed by atoms with Crippen LogP contribution in [-0.4, -0.2) is 0 Å². The number of allylic oxidation sites excluding steroid dienone is 10. The van der Waals surface area contributed by atoms with Crippen LogP contribution in [0.25, 0.3) is 0 Å². The molecule has 0 rings (SSSR count). The number of hydrogen-bond donors (Lipinski definition) is 0. The summed E-state index contributed by atoms with van der Waals surface area (Å²) in [6.07, 6.45) is 12.6. The normalized spacial score (nSPS) is 9.33. The van der Waals surface area contributed by atoms with Crippen molar-refractivity contribution in [3.8, 4) is 24.3 Å². The quantitative estimate of drug-likeness (QED) is 0.549. The molecule has 84 valence electrons. The highest BCUT2D eigenvalue weighted by Crippen LogP contribution is 1.92. The Bertz CT molecular complexity index is 502. The highest BCUT2D eigenvalue weighted by atomic mass is 14.3. The van der Waals surface area contributed by atoms with Gasteiger partial charge in [0.2, 0.25) is 0 Å². The standard InChI is InChI=1S/C14H8N4/c15-9-13(10-16)7-5-3-1-2-4-6-8-14(11-17)12-18/h1-8H. The van der Waals surface area contributed by atoms with E-state index >= 15 is 0 Å². The molecule has 0 saturated heterocycles. The minimum atomic E-state index is 0.0332. The molecular weight excluding hydrogens is 224 g/mol. The minimum Gasteiger partial charge on any atom is -0.192 e. The first-order valence-corrected chi connectivity index (χ1v) is 4.81. The van der Waals surface area contributed by atoms with Crippen molar-refractivity contribution in [3.05, 3.63) is 59.8 Å². The molecular formula is C14H8N4. The van der Waals surface area contributed by atoms with Crippen molar-refractivity contribution in [1.29, 1.82) is 21.0 Å². The first kappa shape index (κ1) is 14.7. The Labute approximate surface area is 106 Å². The van der Waals surface area contributed by atoms with E-state index in [0.29, 0.717) is 0 Å². The summed E-state index contributed by atoms with van der Waals surface area (Å²) >= 11 is 0. The maximum absolute atomic E-state index is 8.43. The largest absolute Gasteiger partial charge is 0.192 e. The molecule has 0 atom stereocenters. The molecule has 0 bridgehead atoms. The van der Waals surface area contributed by atoms with Gasteiger partial charge in [-0.3, -0.25) is 0 Å². The zero-order chi connectivity index (χ0) is 13.6. The summed E-state index contributed by atoms with van der Waals surface area (Å²) in [6.45, 7) is 0. The lowest BCUT2D eigenvalue weighted by molar-refractivity contribution is 1.46. The molecule has 0 aromatic carbocycles. The molecule has 0 aliphatic heterocycles. The molecule has 0 spiro atoms. The molecule has 0 saturated carbocycles. The van der Waals surface area contributed by atoms with Crippen molar-refractivity contribution < 1.29 is 0 Å². The summed E-state index contributed by atoms with van der Waals surface area (Å²) in [5.74, 6) is 0. The van der Waals surface area contributed by atoms with Gasteiger partial charge in [-0.15, -0.1) is 0 Å². The summed E-state index contributed by atoms with van der Waals surface area (Å²) in [6, 6.07) is 6.92. The molecule has 0 aromatic heterocycles. The minimum absolute atomic E-state index is 0.0332. The second kappa shape index (κ2) is 10.2. The SMILES string of the molecule is N#CC(C#N)=CC=CC=CC=CC=C(C#N)C#N. The van der Waals surface area contributed by atoms with Crippen molar-refractivity contribution in [2.24, 2.45) is 0 Å². The lowest BCUT2D eigenvalue weighted by atomic mass is 10.3. The third kappa shape index (κ3) is 7.02. The van der Waals surface area contributed by atoms with E-state index in [-0.39, 0.29) is 11.1 Å². The zero-order valence-electron chi connectivity index (χ0n) is 9.41.